The van der Waals surface area contributed by atoms with Crippen LogP contribution < -0.4 is 0 Å². The van der Waals surface area contributed by atoms with E-state index in [0.29, 0.717) is 18.9 Å². The summed E-state index contributed by atoms with van der Waals surface area (Å²) in [6.07, 6.45) is 3.85. The highest BCUT2D eigenvalue weighted by molar-refractivity contribution is 5.95. The van der Waals surface area contributed by atoms with Crippen molar-refractivity contribution >= 4 is 28.9 Å². The Labute approximate surface area is 128 Å². The van der Waals surface area contributed by atoms with Gasteiger partial charge < -0.3 is 14.5 Å². The highest BCUT2D eigenvalue weighted by Gasteiger charge is 2.10. The van der Waals surface area contributed by atoms with Crippen molar-refractivity contribution in [2.24, 2.45) is 0 Å². The lowest BCUT2D eigenvalue weighted by atomic mass is 10.1. The van der Waals surface area contributed by atoms with E-state index in [4.69, 9.17) is 9.47 Å². The van der Waals surface area contributed by atoms with Gasteiger partial charge in [0.15, 0.2) is 0 Å². The topological polar surface area (TPSA) is 68.4 Å². The zero-order valence-corrected chi connectivity index (χ0v) is 12.7. The Morgan fingerprint density at radius 2 is 1.91 bits per heavy atom. The lowest BCUT2D eigenvalue weighted by Crippen LogP contribution is -2.04. The van der Waals surface area contributed by atoms with Gasteiger partial charge in [-0.1, -0.05) is 24.3 Å². The summed E-state index contributed by atoms with van der Waals surface area (Å²) >= 11 is 0. The van der Waals surface area contributed by atoms with Crippen molar-refractivity contribution in [3.63, 3.8) is 0 Å². The summed E-state index contributed by atoms with van der Waals surface area (Å²) in [6, 6.07) is 7.52. The molecule has 1 aromatic heterocycles. The van der Waals surface area contributed by atoms with E-state index < -0.39 is 0 Å². The molecule has 22 heavy (non-hydrogen) atoms. The molecule has 1 heterocycles. The first-order valence-electron chi connectivity index (χ1n) is 7.26. The number of hydrogen-bond acceptors (Lipinski definition) is 4. The van der Waals surface area contributed by atoms with Gasteiger partial charge in [0.2, 0.25) is 0 Å². The van der Waals surface area contributed by atoms with Crippen LogP contribution in [-0.2, 0) is 14.3 Å². The average Bonchev–Trinajstić information content (AvgIpc) is 2.91. The van der Waals surface area contributed by atoms with Crippen LogP contribution in [0.15, 0.2) is 30.3 Å². The molecule has 0 saturated carbocycles. The molecule has 0 aliphatic rings. The molecule has 0 fully saturated rings. The largest absolute Gasteiger partial charge is 0.466 e. The second kappa shape index (κ2) is 7.45. The van der Waals surface area contributed by atoms with E-state index >= 15 is 0 Å². The molecule has 5 heteroatoms. The zero-order valence-electron chi connectivity index (χ0n) is 12.7. The molecule has 1 aromatic carbocycles. The third-order valence-electron chi connectivity index (χ3n) is 3.04. The Morgan fingerprint density at radius 3 is 2.64 bits per heavy atom. The van der Waals surface area contributed by atoms with Crippen molar-refractivity contribution in [3.8, 4) is 0 Å². The number of fused-ring (bicyclic) bond motifs is 1. The number of esters is 2. The Bertz CT molecular complexity index is 700. The SMILES string of the molecule is CCOC(=O)CC=Cc1ccc2cc(C(=O)OCC)[nH]c2c1. The van der Waals surface area contributed by atoms with Crippen molar-refractivity contribution in [2.45, 2.75) is 20.3 Å². The molecule has 0 saturated heterocycles. The maximum absolute atomic E-state index is 11.7. The minimum absolute atomic E-state index is 0.241. The Balaban J connectivity index is 2.11. The maximum atomic E-state index is 11.7. The van der Waals surface area contributed by atoms with E-state index in [0.717, 1.165) is 16.5 Å². The quantitative estimate of drug-likeness (QED) is 0.831. The Morgan fingerprint density at radius 1 is 1.14 bits per heavy atom. The van der Waals surface area contributed by atoms with Crippen molar-refractivity contribution in [1.29, 1.82) is 0 Å². The van der Waals surface area contributed by atoms with E-state index in [1.807, 2.05) is 24.3 Å². The highest BCUT2D eigenvalue weighted by Crippen LogP contribution is 2.18. The fourth-order valence-electron chi connectivity index (χ4n) is 2.08. The zero-order chi connectivity index (χ0) is 15.9. The van der Waals surface area contributed by atoms with Crippen molar-refractivity contribution in [2.75, 3.05) is 13.2 Å². The van der Waals surface area contributed by atoms with Gasteiger partial charge in [-0.05, 0) is 31.5 Å². The summed E-state index contributed by atoms with van der Waals surface area (Å²) in [5, 5.41) is 0.936. The van der Waals surface area contributed by atoms with Crippen LogP contribution in [0.4, 0.5) is 0 Å². The van der Waals surface area contributed by atoms with Crippen LogP contribution in [0.25, 0.3) is 17.0 Å². The van der Waals surface area contributed by atoms with Gasteiger partial charge in [0.1, 0.15) is 5.69 Å². The predicted molar refractivity (Wildman–Crippen MR) is 84.5 cm³/mol. The predicted octanol–water partition coefficient (Wildman–Crippen LogP) is 3.31. The minimum atomic E-state index is -0.363. The van der Waals surface area contributed by atoms with Crippen LogP contribution >= 0.6 is 0 Å². The van der Waals surface area contributed by atoms with Crippen LogP contribution in [0, 0.1) is 0 Å². The number of rotatable bonds is 6. The number of ether oxygens (including phenoxy) is 2. The third kappa shape index (κ3) is 3.97. The van der Waals surface area contributed by atoms with Crippen molar-refractivity contribution in [3.05, 3.63) is 41.6 Å². The molecule has 5 nitrogen and oxygen atoms in total. The van der Waals surface area contributed by atoms with Crippen molar-refractivity contribution in [1.82, 2.24) is 4.98 Å². The molecule has 0 atom stereocenters. The number of benzene rings is 1. The van der Waals surface area contributed by atoms with Crippen LogP contribution in [-0.4, -0.2) is 30.1 Å². The van der Waals surface area contributed by atoms with Gasteiger partial charge >= 0.3 is 11.9 Å². The molecule has 0 spiro atoms. The second-order valence-electron chi connectivity index (χ2n) is 4.66. The van der Waals surface area contributed by atoms with Gasteiger partial charge in [0, 0.05) is 10.9 Å². The van der Waals surface area contributed by atoms with E-state index in [9.17, 15) is 9.59 Å². The van der Waals surface area contributed by atoms with Gasteiger partial charge in [0.25, 0.3) is 0 Å². The summed E-state index contributed by atoms with van der Waals surface area (Å²) in [4.78, 5) is 26.0. The van der Waals surface area contributed by atoms with E-state index in [1.54, 1.807) is 26.0 Å². The van der Waals surface area contributed by atoms with Gasteiger partial charge in [-0.15, -0.1) is 0 Å². The Kier molecular flexibility index (Phi) is 5.36. The molecular formula is C17H19NO4. The first-order chi connectivity index (χ1) is 10.6. The number of hydrogen-bond donors (Lipinski definition) is 1. The third-order valence-corrected chi connectivity index (χ3v) is 3.04. The monoisotopic (exact) mass is 301 g/mol. The lowest BCUT2D eigenvalue weighted by Gasteiger charge is -1.97. The molecule has 0 unspecified atom stereocenters. The van der Waals surface area contributed by atoms with Gasteiger partial charge in [-0.3, -0.25) is 4.79 Å². The minimum Gasteiger partial charge on any atom is -0.466 e. The second-order valence-corrected chi connectivity index (χ2v) is 4.66. The first-order valence-corrected chi connectivity index (χ1v) is 7.26. The number of H-pyrrole nitrogens is 1. The number of aromatic amines is 1. The van der Waals surface area contributed by atoms with Gasteiger partial charge in [0.05, 0.1) is 19.6 Å². The summed E-state index contributed by atoms with van der Waals surface area (Å²) in [7, 11) is 0. The fourth-order valence-corrected chi connectivity index (χ4v) is 2.08. The van der Waals surface area contributed by atoms with Crippen LogP contribution in [0.2, 0.25) is 0 Å². The molecule has 1 N–H and O–H groups in total. The summed E-state index contributed by atoms with van der Waals surface area (Å²) in [6.45, 7) is 4.28. The molecular weight excluding hydrogens is 282 g/mol. The number of aromatic nitrogens is 1. The number of nitrogens with one attached hydrogen (secondary N) is 1. The summed E-state index contributed by atoms with van der Waals surface area (Å²) in [5.41, 5.74) is 2.22. The van der Waals surface area contributed by atoms with E-state index in [1.165, 1.54) is 0 Å². The normalized spacial score (nSPS) is 11.0. The summed E-state index contributed by atoms with van der Waals surface area (Å²) < 4.78 is 9.82. The first kappa shape index (κ1) is 15.8. The van der Waals surface area contributed by atoms with Crippen LogP contribution in [0.3, 0.4) is 0 Å². The molecule has 2 aromatic rings. The van der Waals surface area contributed by atoms with Crippen molar-refractivity contribution < 1.29 is 19.1 Å². The summed E-state index contributed by atoms with van der Waals surface area (Å²) in [5.74, 6) is -0.609. The molecule has 0 aliphatic carbocycles. The highest BCUT2D eigenvalue weighted by atomic mass is 16.5. The molecule has 2 rings (SSSR count). The molecule has 0 aliphatic heterocycles. The molecule has 116 valence electrons. The van der Waals surface area contributed by atoms with E-state index in [-0.39, 0.29) is 18.4 Å². The standard InChI is InChI=1S/C17H19NO4/c1-3-21-16(19)7-5-6-12-8-9-13-11-15(17(20)22-4-2)18-14(13)10-12/h5-6,8-11,18H,3-4,7H2,1-2H3. The van der Waals surface area contributed by atoms with Gasteiger partial charge in [-0.25, -0.2) is 4.79 Å². The smallest absolute Gasteiger partial charge is 0.354 e. The lowest BCUT2D eigenvalue weighted by molar-refractivity contribution is -0.142. The van der Waals surface area contributed by atoms with E-state index in [2.05, 4.69) is 4.98 Å². The Hall–Kier alpha value is -2.56. The number of carbonyl (C=O) groups excluding carboxylic acids is 2. The number of carbonyl (C=O) groups is 2. The van der Waals surface area contributed by atoms with Gasteiger partial charge in [-0.2, -0.15) is 0 Å². The molecule has 0 amide bonds. The van der Waals surface area contributed by atoms with Crippen LogP contribution in [0.5, 0.6) is 0 Å². The molecule has 0 bridgehead atoms. The average molecular weight is 301 g/mol. The fraction of sp³-hybridized carbons (Fsp3) is 0.294. The molecule has 0 radical (unpaired) electrons. The maximum Gasteiger partial charge on any atom is 0.354 e. The van der Waals surface area contributed by atoms with Crippen LogP contribution in [0.1, 0.15) is 36.3 Å².